The molecule has 1 heterocycles. The average molecular weight is 281 g/mol. The van der Waals surface area contributed by atoms with Crippen LogP contribution in [0, 0.1) is 0 Å². The summed E-state index contributed by atoms with van der Waals surface area (Å²) in [5.41, 5.74) is 3.14. The molecule has 19 heavy (non-hydrogen) atoms. The Labute approximate surface area is 120 Å². The number of hydrogen-bond acceptors (Lipinski definition) is 3. The third-order valence-electron chi connectivity index (χ3n) is 2.77. The lowest BCUT2D eigenvalue weighted by Crippen LogP contribution is -2.15. The second-order valence-electron chi connectivity index (χ2n) is 4.23. The third-order valence-corrected chi connectivity index (χ3v) is 2.77. The van der Waals surface area contributed by atoms with Crippen molar-refractivity contribution < 1.29 is 0 Å². The Morgan fingerprint density at radius 3 is 2.47 bits per heavy atom. The van der Waals surface area contributed by atoms with Gasteiger partial charge in [-0.3, -0.25) is 0 Å². The number of aromatic nitrogens is 3. The molecular weight excluding hydrogens is 260 g/mol. The second kappa shape index (κ2) is 7.92. The van der Waals surface area contributed by atoms with E-state index >= 15 is 0 Å². The molecule has 0 bridgehead atoms. The van der Waals surface area contributed by atoms with Gasteiger partial charge in [-0.05, 0) is 19.9 Å². The zero-order valence-corrected chi connectivity index (χ0v) is 12.3. The van der Waals surface area contributed by atoms with Crippen molar-refractivity contribution in [3.8, 4) is 11.3 Å². The van der Waals surface area contributed by atoms with Crippen molar-refractivity contribution in [2.45, 2.75) is 33.4 Å². The normalized spacial score (nSPS) is 10.2. The zero-order chi connectivity index (χ0) is 12.8. The van der Waals surface area contributed by atoms with E-state index in [1.54, 1.807) is 4.80 Å². The Morgan fingerprint density at radius 1 is 1.11 bits per heavy atom. The van der Waals surface area contributed by atoms with E-state index in [4.69, 9.17) is 0 Å². The molecule has 1 aromatic carbocycles. The van der Waals surface area contributed by atoms with E-state index in [1.165, 1.54) is 0 Å². The molecule has 0 spiro atoms. The predicted octanol–water partition coefficient (Wildman–Crippen LogP) is 2.89. The Kier molecular flexibility index (Phi) is 6.53. The van der Waals surface area contributed by atoms with E-state index in [0.717, 1.165) is 43.0 Å². The summed E-state index contributed by atoms with van der Waals surface area (Å²) in [6.07, 6.45) is 1.13. The molecule has 104 valence electrons. The standard InChI is InChI=1S/C14H20N4.ClH/c1-3-10-15-11-13-14(17-18(4-2)16-13)12-8-6-5-7-9-12;/h5-9,15H,3-4,10-11H2,1-2H3;1H. The highest BCUT2D eigenvalue weighted by atomic mass is 35.5. The largest absolute Gasteiger partial charge is 0.311 e. The first-order chi connectivity index (χ1) is 8.85. The lowest BCUT2D eigenvalue weighted by atomic mass is 10.1. The Bertz CT molecular complexity index is 481. The van der Waals surface area contributed by atoms with Gasteiger partial charge in [-0.1, -0.05) is 37.3 Å². The fraction of sp³-hybridized carbons (Fsp3) is 0.429. The van der Waals surface area contributed by atoms with Crippen LogP contribution in [0.5, 0.6) is 0 Å². The minimum Gasteiger partial charge on any atom is -0.311 e. The minimum absolute atomic E-state index is 0. The molecule has 0 saturated carbocycles. The van der Waals surface area contributed by atoms with Gasteiger partial charge in [0.15, 0.2) is 0 Å². The maximum absolute atomic E-state index is 4.54. The molecule has 1 N–H and O–H groups in total. The molecule has 0 unspecified atom stereocenters. The molecule has 0 aliphatic heterocycles. The van der Waals surface area contributed by atoms with Crippen LogP contribution in [0.4, 0.5) is 0 Å². The summed E-state index contributed by atoms with van der Waals surface area (Å²) < 4.78 is 0. The summed E-state index contributed by atoms with van der Waals surface area (Å²) in [5.74, 6) is 0. The van der Waals surface area contributed by atoms with Gasteiger partial charge in [0.2, 0.25) is 0 Å². The van der Waals surface area contributed by atoms with E-state index in [0.29, 0.717) is 0 Å². The molecule has 0 saturated heterocycles. The first-order valence-corrected chi connectivity index (χ1v) is 6.55. The number of rotatable bonds is 6. The fourth-order valence-electron chi connectivity index (χ4n) is 1.85. The second-order valence-corrected chi connectivity index (χ2v) is 4.23. The highest BCUT2D eigenvalue weighted by Crippen LogP contribution is 2.19. The number of nitrogens with one attached hydrogen (secondary N) is 1. The molecule has 2 aromatic rings. The van der Waals surface area contributed by atoms with Crippen LogP contribution in [0.3, 0.4) is 0 Å². The van der Waals surface area contributed by atoms with Crippen LogP contribution in [-0.4, -0.2) is 21.5 Å². The van der Waals surface area contributed by atoms with Crippen molar-refractivity contribution in [1.82, 2.24) is 20.3 Å². The Hall–Kier alpha value is -1.39. The first-order valence-electron chi connectivity index (χ1n) is 6.55. The molecule has 4 nitrogen and oxygen atoms in total. The van der Waals surface area contributed by atoms with Gasteiger partial charge in [0.25, 0.3) is 0 Å². The van der Waals surface area contributed by atoms with Crippen LogP contribution < -0.4 is 5.32 Å². The minimum atomic E-state index is 0. The third kappa shape index (κ3) is 4.04. The summed E-state index contributed by atoms with van der Waals surface area (Å²) in [6.45, 7) is 6.80. The number of hydrogen-bond donors (Lipinski definition) is 1. The highest BCUT2D eigenvalue weighted by molar-refractivity contribution is 5.85. The van der Waals surface area contributed by atoms with E-state index in [2.05, 4.69) is 41.5 Å². The van der Waals surface area contributed by atoms with Crippen molar-refractivity contribution in [2.24, 2.45) is 0 Å². The maximum atomic E-state index is 4.54. The number of aryl methyl sites for hydroxylation is 1. The molecule has 1 aromatic heterocycles. The molecule has 0 radical (unpaired) electrons. The van der Waals surface area contributed by atoms with Crippen molar-refractivity contribution >= 4 is 12.4 Å². The summed E-state index contributed by atoms with van der Waals surface area (Å²) in [6, 6.07) is 10.2. The molecule has 0 aliphatic rings. The van der Waals surface area contributed by atoms with Crippen LogP contribution in [0.25, 0.3) is 11.3 Å². The topological polar surface area (TPSA) is 42.7 Å². The molecule has 0 amide bonds. The molecule has 5 heteroatoms. The Morgan fingerprint density at radius 2 is 1.84 bits per heavy atom. The van der Waals surface area contributed by atoms with E-state index in [-0.39, 0.29) is 12.4 Å². The van der Waals surface area contributed by atoms with Gasteiger partial charge in [0, 0.05) is 12.1 Å². The Balaban J connectivity index is 0.00000180. The van der Waals surface area contributed by atoms with Crippen LogP contribution in [0.1, 0.15) is 26.0 Å². The van der Waals surface area contributed by atoms with Crippen molar-refractivity contribution in [2.75, 3.05) is 6.54 Å². The van der Waals surface area contributed by atoms with Gasteiger partial charge in [-0.25, -0.2) is 0 Å². The summed E-state index contributed by atoms with van der Waals surface area (Å²) >= 11 is 0. The molecule has 2 rings (SSSR count). The van der Waals surface area contributed by atoms with Crippen LogP contribution in [0.2, 0.25) is 0 Å². The highest BCUT2D eigenvalue weighted by Gasteiger charge is 2.11. The van der Waals surface area contributed by atoms with Crippen molar-refractivity contribution in [1.29, 1.82) is 0 Å². The molecule has 0 aliphatic carbocycles. The average Bonchev–Trinajstić information content (AvgIpc) is 2.83. The van der Waals surface area contributed by atoms with Gasteiger partial charge in [-0.2, -0.15) is 15.0 Å². The lowest BCUT2D eigenvalue weighted by molar-refractivity contribution is 0.557. The van der Waals surface area contributed by atoms with E-state index < -0.39 is 0 Å². The van der Waals surface area contributed by atoms with Crippen LogP contribution >= 0.6 is 12.4 Å². The van der Waals surface area contributed by atoms with E-state index in [9.17, 15) is 0 Å². The quantitative estimate of drug-likeness (QED) is 0.828. The summed E-state index contributed by atoms with van der Waals surface area (Å²) in [7, 11) is 0. The van der Waals surface area contributed by atoms with Crippen molar-refractivity contribution in [3.05, 3.63) is 36.0 Å². The summed E-state index contributed by atoms with van der Waals surface area (Å²) in [5, 5.41) is 12.4. The zero-order valence-electron chi connectivity index (χ0n) is 11.5. The summed E-state index contributed by atoms with van der Waals surface area (Å²) in [4.78, 5) is 1.76. The maximum Gasteiger partial charge on any atom is 0.117 e. The van der Waals surface area contributed by atoms with Gasteiger partial charge >= 0.3 is 0 Å². The molecular formula is C14H21ClN4. The van der Waals surface area contributed by atoms with Crippen molar-refractivity contribution in [3.63, 3.8) is 0 Å². The molecule has 0 fully saturated rings. The lowest BCUT2D eigenvalue weighted by Gasteiger charge is -2.02. The smallest absolute Gasteiger partial charge is 0.117 e. The van der Waals surface area contributed by atoms with Crippen LogP contribution in [0.15, 0.2) is 30.3 Å². The van der Waals surface area contributed by atoms with E-state index in [1.807, 2.05) is 18.2 Å². The number of halogens is 1. The first kappa shape index (κ1) is 15.7. The van der Waals surface area contributed by atoms with Gasteiger partial charge < -0.3 is 5.32 Å². The monoisotopic (exact) mass is 280 g/mol. The SMILES string of the molecule is CCCNCc1nn(CC)nc1-c1ccccc1.Cl. The number of benzene rings is 1. The predicted molar refractivity (Wildman–Crippen MR) is 80.4 cm³/mol. The van der Waals surface area contributed by atoms with Gasteiger partial charge in [0.05, 0.1) is 6.54 Å². The molecule has 0 atom stereocenters. The van der Waals surface area contributed by atoms with Crippen LogP contribution in [-0.2, 0) is 13.1 Å². The van der Waals surface area contributed by atoms with Gasteiger partial charge in [-0.15, -0.1) is 12.4 Å². The van der Waals surface area contributed by atoms with Gasteiger partial charge in [0.1, 0.15) is 11.4 Å². The fourth-order valence-corrected chi connectivity index (χ4v) is 1.85. The number of nitrogens with zero attached hydrogens (tertiary/aromatic N) is 3.